The molecule has 1 aromatic heterocycles. The van der Waals surface area contributed by atoms with Gasteiger partial charge in [0.2, 0.25) is 11.0 Å². The molecule has 7 heteroatoms. The van der Waals surface area contributed by atoms with Gasteiger partial charge >= 0.3 is 0 Å². The average molecular weight is 274 g/mol. The lowest BCUT2D eigenvalue weighted by Crippen LogP contribution is -2.29. The van der Waals surface area contributed by atoms with Crippen LogP contribution >= 0.6 is 23.1 Å². The zero-order chi connectivity index (χ0) is 12.7. The summed E-state index contributed by atoms with van der Waals surface area (Å²) in [6, 6.07) is 0. The van der Waals surface area contributed by atoms with E-state index in [2.05, 4.69) is 22.4 Å². The third-order valence-corrected chi connectivity index (χ3v) is 4.27. The molecule has 1 aromatic rings. The summed E-state index contributed by atoms with van der Waals surface area (Å²) in [5.74, 6) is 0.572. The minimum absolute atomic E-state index is 0.143. The molecule has 0 aliphatic carbocycles. The zero-order valence-electron chi connectivity index (χ0n) is 10.4. The van der Waals surface area contributed by atoms with Gasteiger partial charge in [0.25, 0.3) is 0 Å². The first-order chi connectivity index (χ1) is 8.17. The van der Waals surface area contributed by atoms with Crippen molar-refractivity contribution in [2.45, 2.75) is 24.1 Å². The fraction of sp³-hybridized carbons (Fsp3) is 0.700. The lowest BCUT2D eigenvalue weighted by molar-refractivity contribution is -0.127. The fourth-order valence-corrected chi connectivity index (χ4v) is 2.77. The van der Waals surface area contributed by atoms with E-state index in [0.29, 0.717) is 5.75 Å². The van der Waals surface area contributed by atoms with Gasteiger partial charge in [-0.05, 0) is 6.42 Å². The molecule has 1 rings (SSSR count). The number of nitrogens with one attached hydrogen (secondary N) is 1. The Bertz CT molecular complexity index is 356. The van der Waals surface area contributed by atoms with Gasteiger partial charge < -0.3 is 10.2 Å². The molecule has 0 spiro atoms. The highest BCUT2D eigenvalue weighted by atomic mass is 32.2. The van der Waals surface area contributed by atoms with Gasteiger partial charge in [-0.3, -0.25) is 4.79 Å². The Morgan fingerprint density at radius 3 is 2.88 bits per heavy atom. The second-order valence-electron chi connectivity index (χ2n) is 3.58. The Morgan fingerprint density at radius 2 is 2.29 bits per heavy atom. The summed E-state index contributed by atoms with van der Waals surface area (Å²) in [6.07, 6.45) is 2.16. The highest BCUT2D eigenvalue weighted by molar-refractivity contribution is 8.01. The van der Waals surface area contributed by atoms with Crippen molar-refractivity contribution in [2.24, 2.45) is 0 Å². The maximum atomic E-state index is 11.7. The number of unbranched alkanes of at least 4 members (excludes halogenated alkanes) is 1. The van der Waals surface area contributed by atoms with Crippen LogP contribution in [-0.2, 0) is 4.79 Å². The third kappa shape index (κ3) is 4.91. The molecule has 0 fully saturated rings. The number of nitrogens with zero attached hydrogens (tertiary/aromatic N) is 3. The summed E-state index contributed by atoms with van der Waals surface area (Å²) in [7, 11) is 3.65. The number of aromatic nitrogens is 2. The molecule has 1 N–H and O–H groups in total. The monoisotopic (exact) mass is 274 g/mol. The van der Waals surface area contributed by atoms with Crippen LogP contribution in [0.5, 0.6) is 0 Å². The molecule has 1 heterocycles. The van der Waals surface area contributed by atoms with Gasteiger partial charge in [-0.2, -0.15) is 0 Å². The normalized spacial score (nSPS) is 10.3. The molecular formula is C10H18N4OS2. The fourth-order valence-electron chi connectivity index (χ4n) is 1.12. The van der Waals surface area contributed by atoms with Crippen molar-refractivity contribution in [1.29, 1.82) is 0 Å². The second-order valence-corrected chi connectivity index (χ2v) is 5.78. The van der Waals surface area contributed by atoms with Crippen LogP contribution in [0.1, 0.15) is 19.8 Å². The molecule has 0 radical (unpaired) electrons. The predicted molar refractivity (Wildman–Crippen MR) is 72.7 cm³/mol. The molecule has 17 heavy (non-hydrogen) atoms. The minimum atomic E-state index is 0.143. The zero-order valence-corrected chi connectivity index (χ0v) is 12.0. The highest BCUT2D eigenvalue weighted by Gasteiger charge is 2.10. The van der Waals surface area contributed by atoms with Crippen LogP contribution in [0.3, 0.4) is 0 Å². The number of hydrogen-bond acceptors (Lipinski definition) is 6. The van der Waals surface area contributed by atoms with E-state index in [9.17, 15) is 4.79 Å². The quantitative estimate of drug-likeness (QED) is 0.770. The van der Waals surface area contributed by atoms with Crippen molar-refractivity contribution in [1.82, 2.24) is 15.1 Å². The molecule has 0 aliphatic rings. The molecule has 0 bridgehead atoms. The number of hydrogen-bond donors (Lipinski definition) is 1. The van der Waals surface area contributed by atoms with E-state index in [0.717, 1.165) is 28.9 Å². The maximum absolute atomic E-state index is 11.7. The number of carbonyl (C=O) groups excluding carboxylic acids is 1. The number of amides is 1. The molecule has 0 atom stereocenters. The van der Waals surface area contributed by atoms with Crippen molar-refractivity contribution >= 4 is 34.1 Å². The summed E-state index contributed by atoms with van der Waals surface area (Å²) in [4.78, 5) is 13.5. The van der Waals surface area contributed by atoms with Crippen molar-refractivity contribution in [3.05, 3.63) is 0 Å². The lowest BCUT2D eigenvalue weighted by atomic mass is 10.3. The molecule has 0 saturated heterocycles. The minimum Gasteiger partial charge on any atom is -0.363 e. The number of anilines is 1. The van der Waals surface area contributed by atoms with Crippen LogP contribution in [0.15, 0.2) is 4.34 Å². The Hall–Kier alpha value is -0.820. The standard InChI is InChI=1S/C10H18N4OS2/c1-4-5-6-14(3)8(15)7-16-10-13-12-9(11-2)17-10/h4-7H2,1-3H3,(H,11,12). The number of thioether (sulfide) groups is 1. The lowest BCUT2D eigenvalue weighted by Gasteiger charge is -2.15. The van der Waals surface area contributed by atoms with Crippen LogP contribution in [0, 0.1) is 0 Å². The smallest absolute Gasteiger partial charge is 0.232 e. The van der Waals surface area contributed by atoms with E-state index in [1.165, 1.54) is 23.1 Å². The van der Waals surface area contributed by atoms with Crippen molar-refractivity contribution < 1.29 is 4.79 Å². The van der Waals surface area contributed by atoms with Crippen molar-refractivity contribution in [2.75, 3.05) is 31.7 Å². The van der Waals surface area contributed by atoms with E-state index in [1.807, 2.05) is 7.05 Å². The van der Waals surface area contributed by atoms with Gasteiger partial charge in [-0.15, -0.1) is 10.2 Å². The first-order valence-electron chi connectivity index (χ1n) is 5.55. The second kappa shape index (κ2) is 7.50. The SMILES string of the molecule is CCCCN(C)C(=O)CSc1nnc(NC)s1. The molecule has 1 amide bonds. The molecule has 0 unspecified atom stereocenters. The third-order valence-electron chi connectivity index (χ3n) is 2.21. The summed E-state index contributed by atoms with van der Waals surface area (Å²) in [5.41, 5.74) is 0. The topological polar surface area (TPSA) is 58.1 Å². The maximum Gasteiger partial charge on any atom is 0.232 e. The molecule has 0 aliphatic heterocycles. The van der Waals surface area contributed by atoms with Gasteiger partial charge in [0.1, 0.15) is 0 Å². The van der Waals surface area contributed by atoms with Crippen LogP contribution in [0.4, 0.5) is 5.13 Å². The van der Waals surface area contributed by atoms with Crippen molar-refractivity contribution in [3.8, 4) is 0 Å². The molecule has 5 nitrogen and oxygen atoms in total. The molecule has 0 aromatic carbocycles. The number of rotatable bonds is 7. The van der Waals surface area contributed by atoms with E-state index < -0.39 is 0 Å². The number of carbonyl (C=O) groups is 1. The van der Waals surface area contributed by atoms with Gasteiger partial charge in [0, 0.05) is 20.6 Å². The largest absolute Gasteiger partial charge is 0.363 e. The van der Waals surface area contributed by atoms with Gasteiger partial charge in [-0.1, -0.05) is 36.4 Å². The van der Waals surface area contributed by atoms with Gasteiger partial charge in [-0.25, -0.2) is 0 Å². The summed E-state index contributed by atoms with van der Waals surface area (Å²) in [6.45, 7) is 2.95. The first-order valence-corrected chi connectivity index (χ1v) is 7.35. The molecule has 0 saturated carbocycles. The van der Waals surface area contributed by atoms with E-state index in [1.54, 1.807) is 11.9 Å². The summed E-state index contributed by atoms with van der Waals surface area (Å²) < 4.78 is 0.826. The Balaban J connectivity index is 2.32. The first kappa shape index (κ1) is 14.2. The van der Waals surface area contributed by atoms with E-state index in [-0.39, 0.29) is 5.91 Å². The average Bonchev–Trinajstić information content (AvgIpc) is 2.80. The van der Waals surface area contributed by atoms with Crippen LogP contribution in [-0.4, -0.2) is 47.4 Å². The summed E-state index contributed by atoms with van der Waals surface area (Å²) >= 11 is 2.90. The van der Waals surface area contributed by atoms with Crippen LogP contribution in [0.2, 0.25) is 0 Å². The Kier molecular flexibility index (Phi) is 6.28. The van der Waals surface area contributed by atoms with Gasteiger partial charge in [0.15, 0.2) is 4.34 Å². The Labute approximate surface area is 110 Å². The molecule has 96 valence electrons. The van der Waals surface area contributed by atoms with Crippen LogP contribution in [0.25, 0.3) is 0 Å². The molecular weight excluding hydrogens is 256 g/mol. The highest BCUT2D eigenvalue weighted by Crippen LogP contribution is 2.25. The van der Waals surface area contributed by atoms with Crippen LogP contribution < -0.4 is 5.32 Å². The predicted octanol–water partition coefficient (Wildman–Crippen LogP) is 1.93. The van der Waals surface area contributed by atoms with E-state index >= 15 is 0 Å². The van der Waals surface area contributed by atoms with Gasteiger partial charge in [0.05, 0.1) is 5.75 Å². The van der Waals surface area contributed by atoms with E-state index in [4.69, 9.17) is 0 Å². The summed E-state index contributed by atoms with van der Waals surface area (Å²) in [5, 5.41) is 11.6. The Morgan fingerprint density at radius 1 is 1.53 bits per heavy atom. The van der Waals surface area contributed by atoms with Crippen molar-refractivity contribution in [3.63, 3.8) is 0 Å².